The lowest BCUT2D eigenvalue weighted by Gasteiger charge is -2.15. The Morgan fingerprint density at radius 1 is 0.917 bits per heavy atom. The van der Waals surface area contributed by atoms with Gasteiger partial charge in [-0.25, -0.2) is 0 Å². The van der Waals surface area contributed by atoms with Crippen LogP contribution < -0.4 is 19.2 Å². The number of halogens is 1. The van der Waals surface area contributed by atoms with E-state index in [1.165, 1.54) is 5.01 Å². The van der Waals surface area contributed by atoms with Crippen molar-refractivity contribution in [2.45, 2.75) is 27.7 Å². The van der Waals surface area contributed by atoms with E-state index in [1.807, 2.05) is 88.4 Å². The maximum absolute atomic E-state index is 13.1. The number of benzene rings is 3. The second-order valence-electron chi connectivity index (χ2n) is 8.48. The lowest BCUT2D eigenvalue weighted by atomic mass is 10.1. The van der Waals surface area contributed by atoms with Gasteiger partial charge in [0.1, 0.15) is 19.0 Å². The van der Waals surface area contributed by atoms with Gasteiger partial charge in [-0.3, -0.25) is 4.79 Å². The van der Waals surface area contributed by atoms with Crippen LogP contribution in [0.3, 0.4) is 0 Å². The third-order valence-corrected chi connectivity index (χ3v) is 6.09. The van der Waals surface area contributed by atoms with Crippen molar-refractivity contribution < 1.29 is 19.0 Å². The molecule has 6 nitrogen and oxygen atoms in total. The molecule has 0 aliphatic carbocycles. The fourth-order valence-electron chi connectivity index (χ4n) is 3.99. The van der Waals surface area contributed by atoms with Crippen molar-refractivity contribution in [2.24, 2.45) is 5.10 Å². The van der Waals surface area contributed by atoms with Gasteiger partial charge in [0.15, 0.2) is 11.5 Å². The van der Waals surface area contributed by atoms with E-state index in [4.69, 9.17) is 14.2 Å². The van der Waals surface area contributed by atoms with Gasteiger partial charge < -0.3 is 14.2 Å². The smallest absolute Gasteiger partial charge is 0.280 e. The van der Waals surface area contributed by atoms with E-state index >= 15 is 0 Å². The van der Waals surface area contributed by atoms with Crippen LogP contribution in [0.25, 0.3) is 6.08 Å². The van der Waals surface area contributed by atoms with Crippen molar-refractivity contribution in [1.29, 1.82) is 0 Å². The quantitative estimate of drug-likeness (QED) is 0.220. The summed E-state index contributed by atoms with van der Waals surface area (Å²) in [5.74, 6) is 1.84. The van der Waals surface area contributed by atoms with Crippen LogP contribution in [0, 0.1) is 13.8 Å². The summed E-state index contributed by atoms with van der Waals surface area (Å²) in [6.07, 6.45) is 1.82. The highest BCUT2D eigenvalue weighted by Crippen LogP contribution is 2.38. The normalized spacial score (nSPS) is 14.2. The number of nitrogens with zero attached hydrogens (tertiary/aromatic N) is 2. The highest BCUT2D eigenvalue weighted by Gasteiger charge is 2.28. The largest absolute Gasteiger partial charge is 0.490 e. The number of amides is 1. The molecule has 0 aromatic heterocycles. The lowest BCUT2D eigenvalue weighted by Crippen LogP contribution is -2.21. The number of anilines is 1. The van der Waals surface area contributed by atoms with Gasteiger partial charge in [0.2, 0.25) is 0 Å². The minimum absolute atomic E-state index is 0.170. The number of hydrogen-bond acceptors (Lipinski definition) is 5. The van der Waals surface area contributed by atoms with Gasteiger partial charge in [-0.05, 0) is 103 Å². The summed E-state index contributed by atoms with van der Waals surface area (Å²) in [5, 5.41) is 5.88. The third kappa shape index (κ3) is 5.97. The van der Waals surface area contributed by atoms with Crippen molar-refractivity contribution in [1.82, 2.24) is 0 Å². The van der Waals surface area contributed by atoms with Gasteiger partial charge in [-0.1, -0.05) is 24.3 Å². The molecular weight excluding hydrogens is 520 g/mol. The van der Waals surface area contributed by atoms with E-state index in [9.17, 15) is 4.79 Å². The Morgan fingerprint density at radius 3 is 2.31 bits per heavy atom. The second kappa shape index (κ2) is 11.4. The predicted octanol–water partition coefficient (Wildman–Crippen LogP) is 6.73. The summed E-state index contributed by atoms with van der Waals surface area (Å²) < 4.78 is 18.5. The molecule has 0 atom stereocenters. The highest BCUT2D eigenvalue weighted by atomic mass is 79.9. The Kier molecular flexibility index (Phi) is 8.10. The molecule has 0 spiro atoms. The molecule has 186 valence electrons. The molecule has 4 rings (SSSR count). The average Bonchev–Trinajstić information content (AvgIpc) is 3.11. The molecule has 1 aliphatic rings. The molecule has 0 saturated carbocycles. The second-order valence-corrected chi connectivity index (χ2v) is 9.33. The molecule has 0 bridgehead atoms. The Labute approximate surface area is 220 Å². The SMILES string of the molecule is CCOc1cc(C=C2C(=O)N(c3ccccc3)N=C2C)cc(Br)c1OCCOc1cc(C)cc(C)c1. The Bertz CT molecular complexity index is 1300. The zero-order valence-corrected chi connectivity index (χ0v) is 22.5. The number of hydrazone groups is 1. The number of aryl methyl sites for hydroxylation is 2. The van der Waals surface area contributed by atoms with Gasteiger partial charge in [0.25, 0.3) is 5.91 Å². The van der Waals surface area contributed by atoms with Crippen molar-refractivity contribution >= 4 is 39.3 Å². The number of para-hydroxylation sites is 1. The molecule has 36 heavy (non-hydrogen) atoms. The molecule has 7 heteroatoms. The van der Waals surface area contributed by atoms with E-state index in [2.05, 4.69) is 27.1 Å². The molecular formula is C29H29BrN2O4. The van der Waals surface area contributed by atoms with Crippen molar-refractivity contribution in [3.63, 3.8) is 0 Å². The van der Waals surface area contributed by atoms with Gasteiger partial charge in [0.05, 0.1) is 28.1 Å². The first-order valence-electron chi connectivity index (χ1n) is 11.8. The number of hydrogen-bond donors (Lipinski definition) is 0. The van der Waals surface area contributed by atoms with Crippen LogP contribution in [0.2, 0.25) is 0 Å². The van der Waals surface area contributed by atoms with Gasteiger partial charge in [0, 0.05) is 0 Å². The van der Waals surface area contributed by atoms with Crippen LogP contribution in [0.5, 0.6) is 17.2 Å². The summed E-state index contributed by atoms with van der Waals surface area (Å²) in [6.45, 7) is 9.06. The number of rotatable bonds is 9. The van der Waals surface area contributed by atoms with Crippen LogP contribution in [0.15, 0.2) is 75.8 Å². The molecule has 0 fully saturated rings. The molecule has 3 aromatic rings. The standard InChI is InChI=1S/C29H29BrN2O4/c1-5-34-27-18-22(16-25-21(4)31-32(29(25)33)23-9-7-6-8-10-23)17-26(30)28(27)36-12-11-35-24-14-19(2)13-20(3)15-24/h6-10,13-18H,5,11-12H2,1-4H3. The van der Waals surface area contributed by atoms with Crippen LogP contribution in [0.1, 0.15) is 30.5 Å². The van der Waals surface area contributed by atoms with Gasteiger partial charge >= 0.3 is 0 Å². The minimum atomic E-state index is -0.170. The van der Waals surface area contributed by atoms with Gasteiger partial charge in [-0.15, -0.1) is 0 Å². The van der Waals surface area contributed by atoms with Crippen LogP contribution >= 0.6 is 15.9 Å². The zero-order valence-electron chi connectivity index (χ0n) is 20.9. The van der Waals surface area contributed by atoms with Crippen LogP contribution in [-0.2, 0) is 4.79 Å². The predicted molar refractivity (Wildman–Crippen MR) is 147 cm³/mol. The zero-order chi connectivity index (χ0) is 25.7. The summed E-state index contributed by atoms with van der Waals surface area (Å²) >= 11 is 3.61. The number of carbonyl (C=O) groups is 1. The Hall–Kier alpha value is -3.58. The molecule has 0 radical (unpaired) electrons. The first-order chi connectivity index (χ1) is 17.4. The maximum atomic E-state index is 13.1. The van der Waals surface area contributed by atoms with Crippen molar-refractivity contribution in [3.05, 3.63) is 87.4 Å². The maximum Gasteiger partial charge on any atom is 0.280 e. The number of carbonyl (C=O) groups excluding carboxylic acids is 1. The summed E-state index contributed by atoms with van der Waals surface area (Å²) in [7, 11) is 0. The molecule has 3 aromatic carbocycles. The Balaban J connectivity index is 1.49. The van der Waals surface area contributed by atoms with Crippen LogP contribution in [0.4, 0.5) is 5.69 Å². The molecule has 0 saturated heterocycles. The lowest BCUT2D eigenvalue weighted by molar-refractivity contribution is -0.114. The van der Waals surface area contributed by atoms with E-state index in [0.717, 1.165) is 32.6 Å². The fourth-order valence-corrected chi connectivity index (χ4v) is 4.56. The van der Waals surface area contributed by atoms with Crippen molar-refractivity contribution in [3.8, 4) is 17.2 Å². The van der Waals surface area contributed by atoms with Crippen LogP contribution in [-0.4, -0.2) is 31.4 Å². The molecule has 0 N–H and O–H groups in total. The van der Waals surface area contributed by atoms with E-state index in [-0.39, 0.29) is 5.91 Å². The topological polar surface area (TPSA) is 60.4 Å². The molecule has 1 aliphatic heterocycles. The summed E-state index contributed by atoms with van der Waals surface area (Å²) in [4.78, 5) is 13.1. The summed E-state index contributed by atoms with van der Waals surface area (Å²) in [6, 6.07) is 19.3. The van der Waals surface area contributed by atoms with E-state index < -0.39 is 0 Å². The van der Waals surface area contributed by atoms with E-state index in [1.54, 1.807) is 0 Å². The average molecular weight is 549 g/mol. The monoisotopic (exact) mass is 548 g/mol. The van der Waals surface area contributed by atoms with Gasteiger partial charge in [-0.2, -0.15) is 10.1 Å². The summed E-state index contributed by atoms with van der Waals surface area (Å²) in [5.41, 5.74) is 5.03. The first kappa shape index (κ1) is 25.5. The van der Waals surface area contributed by atoms with E-state index in [0.29, 0.717) is 42.6 Å². The minimum Gasteiger partial charge on any atom is -0.490 e. The third-order valence-electron chi connectivity index (χ3n) is 5.50. The number of ether oxygens (including phenoxy) is 3. The first-order valence-corrected chi connectivity index (χ1v) is 12.6. The fraction of sp³-hybridized carbons (Fsp3) is 0.241. The van der Waals surface area contributed by atoms with Crippen molar-refractivity contribution in [2.75, 3.05) is 24.8 Å². The molecule has 0 unspecified atom stereocenters. The highest BCUT2D eigenvalue weighted by molar-refractivity contribution is 9.10. The Morgan fingerprint density at radius 2 is 1.61 bits per heavy atom. The molecule has 1 heterocycles. The molecule has 1 amide bonds.